The summed E-state index contributed by atoms with van der Waals surface area (Å²) in [6.07, 6.45) is -3.71. The summed E-state index contributed by atoms with van der Waals surface area (Å²) < 4.78 is 64.3. The Morgan fingerprint density at radius 1 is 1.10 bits per heavy atom. The molecular formula is C31H28ClF4NO3S2. The molecular weight excluding hydrogens is 610 g/mol. The number of aryl methyl sites for hydroxylation is 2. The van der Waals surface area contributed by atoms with E-state index in [1.807, 2.05) is 26.0 Å². The molecule has 0 spiro atoms. The van der Waals surface area contributed by atoms with Gasteiger partial charge in [-0.2, -0.15) is 13.2 Å². The van der Waals surface area contributed by atoms with Crippen LogP contribution >= 0.6 is 34.7 Å². The largest absolute Gasteiger partial charge is 0.482 e. The van der Waals surface area contributed by atoms with E-state index in [1.54, 1.807) is 36.9 Å². The first-order valence-electron chi connectivity index (χ1n) is 13.1. The molecule has 42 heavy (non-hydrogen) atoms. The number of ether oxygens (including phenoxy) is 2. The number of carbonyl (C=O) groups is 1. The number of nitrogens with zero attached hydrogens (tertiary/aromatic N) is 1. The lowest BCUT2D eigenvalue weighted by Gasteiger charge is -2.14. The molecule has 1 heterocycles. The van der Waals surface area contributed by atoms with E-state index in [4.69, 9.17) is 26.1 Å². The second-order valence-corrected chi connectivity index (χ2v) is 12.2. The summed E-state index contributed by atoms with van der Waals surface area (Å²) in [5.41, 5.74) is 1.82. The number of hydrogen-bond donors (Lipinski definition) is 0. The summed E-state index contributed by atoms with van der Waals surface area (Å²) in [4.78, 5) is 18.3. The van der Waals surface area contributed by atoms with Gasteiger partial charge < -0.3 is 9.47 Å². The fraction of sp³-hybridized carbons (Fsp3) is 0.290. The van der Waals surface area contributed by atoms with Crippen LogP contribution in [0.25, 0.3) is 10.6 Å². The molecule has 4 nitrogen and oxygen atoms in total. The molecule has 0 amide bonds. The van der Waals surface area contributed by atoms with E-state index in [0.29, 0.717) is 39.7 Å². The molecule has 11 heteroatoms. The summed E-state index contributed by atoms with van der Waals surface area (Å²) in [5.74, 6) is -0.266. The maximum atomic E-state index is 14.5. The zero-order valence-corrected chi connectivity index (χ0v) is 25.4. The van der Waals surface area contributed by atoms with Gasteiger partial charge in [-0.1, -0.05) is 29.8 Å². The predicted molar refractivity (Wildman–Crippen MR) is 159 cm³/mol. The van der Waals surface area contributed by atoms with Crippen molar-refractivity contribution in [3.63, 3.8) is 0 Å². The van der Waals surface area contributed by atoms with Gasteiger partial charge in [-0.3, -0.25) is 0 Å². The SMILES string of the molecule is CCOC(=O)COc1ccc(SC(C)c2sc(-c3ccc(C(F)(F)F)cc3)nc2CCc2c(F)cccc2Cl)cc1C. The Kier molecular flexibility index (Phi) is 10.6. The quantitative estimate of drug-likeness (QED) is 0.0931. The van der Waals surface area contributed by atoms with Crippen molar-refractivity contribution in [1.82, 2.24) is 4.98 Å². The number of halogens is 5. The van der Waals surface area contributed by atoms with Crippen molar-refractivity contribution in [2.24, 2.45) is 0 Å². The van der Waals surface area contributed by atoms with Gasteiger partial charge in [0.15, 0.2) is 6.61 Å². The first-order chi connectivity index (χ1) is 20.0. The van der Waals surface area contributed by atoms with Gasteiger partial charge in [-0.05, 0) is 81.6 Å². The molecule has 0 saturated heterocycles. The standard InChI is InChI=1S/C31H28ClF4NO3S2/c1-4-39-28(38)17-40-27-15-12-22(16-18(27)2)41-19(3)29-26(14-13-23-24(32)6-5-7-25(23)33)37-30(42-29)20-8-10-21(11-9-20)31(34,35)36/h5-12,15-16,19H,4,13-14,17H2,1-3H3. The number of thioether (sulfide) groups is 1. The molecule has 0 aliphatic heterocycles. The number of esters is 1. The highest BCUT2D eigenvalue weighted by atomic mass is 35.5. The summed E-state index contributed by atoms with van der Waals surface area (Å²) in [7, 11) is 0. The minimum Gasteiger partial charge on any atom is -0.482 e. The highest BCUT2D eigenvalue weighted by molar-refractivity contribution is 7.99. The van der Waals surface area contributed by atoms with Crippen molar-refractivity contribution in [1.29, 1.82) is 0 Å². The normalized spacial score (nSPS) is 12.3. The third-order valence-corrected chi connectivity index (χ3v) is 9.29. The van der Waals surface area contributed by atoms with Gasteiger partial charge in [-0.25, -0.2) is 14.2 Å². The van der Waals surface area contributed by atoms with E-state index in [-0.39, 0.29) is 18.5 Å². The second-order valence-electron chi connectivity index (χ2n) is 9.39. The molecule has 1 unspecified atom stereocenters. The summed E-state index contributed by atoms with van der Waals surface area (Å²) in [6.45, 7) is 5.73. The average molecular weight is 638 g/mol. The first-order valence-corrected chi connectivity index (χ1v) is 15.2. The van der Waals surface area contributed by atoms with Crippen LogP contribution in [0.15, 0.2) is 65.6 Å². The van der Waals surface area contributed by atoms with Gasteiger partial charge in [0.2, 0.25) is 0 Å². The van der Waals surface area contributed by atoms with Crippen LogP contribution in [0.4, 0.5) is 17.6 Å². The molecule has 222 valence electrons. The Bertz CT molecular complexity index is 1520. The van der Waals surface area contributed by atoms with Gasteiger partial charge in [0, 0.05) is 31.2 Å². The van der Waals surface area contributed by atoms with E-state index in [9.17, 15) is 22.4 Å². The topological polar surface area (TPSA) is 48.4 Å². The molecule has 0 bridgehead atoms. The average Bonchev–Trinajstić information content (AvgIpc) is 3.36. The van der Waals surface area contributed by atoms with Crippen LogP contribution in [0, 0.1) is 12.7 Å². The van der Waals surface area contributed by atoms with Gasteiger partial charge in [0.1, 0.15) is 16.6 Å². The Morgan fingerprint density at radius 3 is 2.48 bits per heavy atom. The Hall–Kier alpha value is -3.08. The van der Waals surface area contributed by atoms with E-state index >= 15 is 0 Å². The Balaban J connectivity index is 1.58. The van der Waals surface area contributed by atoms with Gasteiger partial charge in [0.05, 0.1) is 17.9 Å². The van der Waals surface area contributed by atoms with Crippen molar-refractivity contribution in [2.45, 2.75) is 49.9 Å². The van der Waals surface area contributed by atoms with Crippen LogP contribution in [-0.2, 0) is 28.5 Å². The molecule has 4 rings (SSSR count). The van der Waals surface area contributed by atoms with E-state index in [2.05, 4.69) is 0 Å². The lowest BCUT2D eigenvalue weighted by Crippen LogP contribution is -2.14. The molecule has 0 aliphatic carbocycles. The first kappa shape index (κ1) is 31.8. The van der Waals surface area contributed by atoms with Crippen LogP contribution in [0.1, 0.15) is 46.4 Å². The molecule has 4 aromatic rings. The van der Waals surface area contributed by atoms with Crippen LogP contribution in [-0.4, -0.2) is 24.2 Å². The zero-order valence-electron chi connectivity index (χ0n) is 23.1. The van der Waals surface area contributed by atoms with Crippen LogP contribution in [0.2, 0.25) is 5.02 Å². The minimum absolute atomic E-state index is 0.0810. The molecule has 0 aliphatic rings. The highest BCUT2D eigenvalue weighted by Crippen LogP contribution is 2.43. The zero-order chi connectivity index (χ0) is 30.4. The Labute approximate surface area is 255 Å². The van der Waals surface area contributed by atoms with Crippen molar-refractivity contribution in [3.05, 3.63) is 98.8 Å². The molecule has 1 aromatic heterocycles. The van der Waals surface area contributed by atoms with Crippen LogP contribution in [0.3, 0.4) is 0 Å². The molecule has 0 saturated carbocycles. The molecule has 3 aromatic carbocycles. The van der Waals surface area contributed by atoms with E-state index < -0.39 is 23.5 Å². The Morgan fingerprint density at radius 2 is 1.83 bits per heavy atom. The predicted octanol–water partition coefficient (Wildman–Crippen LogP) is 9.51. The number of benzene rings is 3. The monoisotopic (exact) mass is 637 g/mol. The fourth-order valence-corrected chi connectivity index (χ4v) is 6.89. The smallest absolute Gasteiger partial charge is 0.416 e. The molecule has 0 N–H and O–H groups in total. The summed E-state index contributed by atoms with van der Waals surface area (Å²) >= 11 is 9.24. The third kappa shape index (κ3) is 8.05. The van der Waals surface area contributed by atoms with Crippen molar-refractivity contribution >= 4 is 40.7 Å². The minimum atomic E-state index is -4.43. The van der Waals surface area contributed by atoms with Gasteiger partial charge >= 0.3 is 12.1 Å². The number of rotatable bonds is 11. The highest BCUT2D eigenvalue weighted by Gasteiger charge is 2.30. The van der Waals surface area contributed by atoms with Crippen LogP contribution < -0.4 is 4.74 Å². The summed E-state index contributed by atoms with van der Waals surface area (Å²) in [5, 5.41) is 0.833. The summed E-state index contributed by atoms with van der Waals surface area (Å²) in [6, 6.07) is 15.1. The van der Waals surface area contributed by atoms with E-state index in [0.717, 1.165) is 33.2 Å². The van der Waals surface area contributed by atoms with Gasteiger partial charge in [0.25, 0.3) is 0 Å². The van der Waals surface area contributed by atoms with E-state index in [1.165, 1.54) is 29.5 Å². The third-order valence-electron chi connectivity index (χ3n) is 6.34. The number of hydrogen-bond acceptors (Lipinski definition) is 6. The molecule has 0 radical (unpaired) electrons. The van der Waals surface area contributed by atoms with Crippen LogP contribution in [0.5, 0.6) is 5.75 Å². The molecule has 0 fully saturated rings. The number of thiazole rings is 1. The van der Waals surface area contributed by atoms with Crippen molar-refractivity contribution in [3.8, 4) is 16.3 Å². The second kappa shape index (κ2) is 13.9. The van der Waals surface area contributed by atoms with Crippen molar-refractivity contribution in [2.75, 3.05) is 13.2 Å². The lowest BCUT2D eigenvalue weighted by molar-refractivity contribution is -0.145. The fourth-order valence-electron chi connectivity index (χ4n) is 4.25. The number of alkyl halides is 3. The van der Waals surface area contributed by atoms with Crippen molar-refractivity contribution < 1.29 is 31.8 Å². The van der Waals surface area contributed by atoms with Gasteiger partial charge in [-0.15, -0.1) is 23.1 Å². The molecule has 1 atom stereocenters. The maximum Gasteiger partial charge on any atom is 0.416 e. The number of aromatic nitrogens is 1. The maximum absolute atomic E-state index is 14.5. The number of carbonyl (C=O) groups excluding carboxylic acids is 1. The lowest BCUT2D eigenvalue weighted by atomic mass is 10.1.